The maximum Gasteiger partial charge on any atom is 0.478 e. The topological polar surface area (TPSA) is 80.3 Å². The molecule has 3 saturated heterocycles. The molecule has 0 saturated carbocycles. The van der Waals surface area contributed by atoms with E-state index in [2.05, 4.69) is 0 Å². The number of esters is 1. The van der Waals surface area contributed by atoms with Crippen molar-refractivity contribution in [1.29, 1.82) is 0 Å². The predicted molar refractivity (Wildman–Crippen MR) is 170 cm³/mol. The third-order valence-corrected chi connectivity index (χ3v) is 11.2. The molecule has 2 aromatic rings. The highest BCUT2D eigenvalue weighted by atomic mass is 31.2. The maximum absolute atomic E-state index is 14.7. The van der Waals surface area contributed by atoms with Gasteiger partial charge in [0, 0.05) is 38.5 Å². The molecule has 9 heteroatoms. The number of ether oxygens (including phenoxy) is 2. The highest BCUT2D eigenvalue weighted by molar-refractivity contribution is 7.48. The van der Waals surface area contributed by atoms with Crippen LogP contribution >= 0.6 is 7.82 Å². The summed E-state index contributed by atoms with van der Waals surface area (Å²) in [6.07, 6.45) is 5.31. The Labute approximate surface area is 263 Å². The molecular weight excluding hydrogens is 577 g/mol. The van der Waals surface area contributed by atoms with Gasteiger partial charge in [-0.3, -0.25) is 13.6 Å². The lowest BCUT2D eigenvalue weighted by Gasteiger charge is -2.47. The first-order valence-corrected chi connectivity index (χ1v) is 17.7. The van der Waals surface area contributed by atoms with Gasteiger partial charge in [0.05, 0.1) is 36.4 Å². The van der Waals surface area contributed by atoms with Crippen LogP contribution in [-0.2, 0) is 38.0 Å². The number of hydrogen-bond acceptors (Lipinski definition) is 7. The van der Waals surface area contributed by atoms with Crippen molar-refractivity contribution < 1.29 is 36.9 Å². The first-order chi connectivity index (χ1) is 20.6. The predicted octanol–water partition coefficient (Wildman–Crippen LogP) is 7.89. The second-order valence-corrected chi connectivity index (χ2v) is 16.2. The van der Waals surface area contributed by atoms with E-state index in [1.165, 1.54) is 43.3 Å². The Hall–Kier alpha value is -2.06. The lowest BCUT2D eigenvalue weighted by Crippen LogP contribution is -2.60. The summed E-state index contributed by atoms with van der Waals surface area (Å²) in [6.45, 7) is 14.8. The molecule has 3 aliphatic rings. The molecule has 0 N–H and O–H groups in total. The molecule has 3 aliphatic heterocycles. The molecule has 3 atom stereocenters. The molecule has 8 nitrogen and oxygen atoms in total. The minimum atomic E-state index is -4.16. The highest BCUT2D eigenvalue weighted by Gasteiger charge is 2.57. The van der Waals surface area contributed by atoms with Crippen LogP contribution in [-0.4, -0.2) is 59.2 Å². The smallest absolute Gasteiger partial charge is 0.459 e. The van der Waals surface area contributed by atoms with Gasteiger partial charge in [0.2, 0.25) is 5.60 Å². The Bertz CT molecular complexity index is 1240. The molecule has 0 aromatic heterocycles. The van der Waals surface area contributed by atoms with E-state index in [0.29, 0.717) is 23.2 Å². The molecule has 0 amide bonds. The van der Waals surface area contributed by atoms with Gasteiger partial charge >= 0.3 is 13.8 Å². The quantitative estimate of drug-likeness (QED) is 0.115. The van der Waals surface area contributed by atoms with Crippen LogP contribution in [0.15, 0.2) is 60.7 Å². The van der Waals surface area contributed by atoms with Crippen molar-refractivity contribution in [3.05, 3.63) is 71.8 Å². The number of rotatable bonds is 10. The molecule has 242 valence electrons. The normalized spacial score (nSPS) is 24.4. The molecule has 2 unspecified atom stereocenters. The number of hydrogen-bond donors (Lipinski definition) is 0. The van der Waals surface area contributed by atoms with Gasteiger partial charge in [-0.15, -0.1) is 0 Å². The highest BCUT2D eigenvalue weighted by Crippen LogP contribution is 2.57. The molecule has 2 aromatic carbocycles. The van der Waals surface area contributed by atoms with E-state index in [4.69, 9.17) is 23.0 Å². The monoisotopic (exact) mass is 628 g/mol. The molecule has 2 bridgehead atoms. The lowest BCUT2D eigenvalue weighted by molar-refractivity contribution is -0.956. The lowest BCUT2D eigenvalue weighted by atomic mass is 9.85. The number of nitrogens with zero attached hydrogens (tertiary/aromatic N) is 1. The summed E-state index contributed by atoms with van der Waals surface area (Å²) in [5.41, 5.74) is -2.16. The molecule has 1 spiro atoms. The van der Waals surface area contributed by atoms with Gasteiger partial charge in [-0.1, -0.05) is 60.7 Å². The first-order valence-electron chi connectivity index (χ1n) is 16.2. The molecule has 3 fully saturated rings. The molecule has 44 heavy (non-hydrogen) atoms. The summed E-state index contributed by atoms with van der Waals surface area (Å²) in [7, 11) is -4.16. The minimum Gasteiger partial charge on any atom is -0.459 e. The fourth-order valence-corrected chi connectivity index (χ4v) is 9.53. The van der Waals surface area contributed by atoms with Crippen LogP contribution in [0.25, 0.3) is 0 Å². The average molecular weight is 629 g/mol. The zero-order chi connectivity index (χ0) is 31.8. The Morgan fingerprint density at radius 2 is 1.25 bits per heavy atom. The van der Waals surface area contributed by atoms with Crippen LogP contribution in [0.2, 0.25) is 0 Å². The third kappa shape index (κ3) is 7.16. The van der Waals surface area contributed by atoms with E-state index in [9.17, 15) is 9.36 Å². The summed E-state index contributed by atoms with van der Waals surface area (Å²) in [5, 5.41) is 0. The molecule has 0 radical (unpaired) electrons. The Kier molecular flexibility index (Phi) is 9.55. The van der Waals surface area contributed by atoms with Crippen molar-refractivity contribution in [3.8, 4) is 0 Å². The van der Waals surface area contributed by atoms with E-state index in [-0.39, 0.29) is 6.10 Å². The maximum atomic E-state index is 14.7. The van der Waals surface area contributed by atoms with E-state index >= 15 is 0 Å². The average Bonchev–Trinajstić information content (AvgIpc) is 3.46. The van der Waals surface area contributed by atoms with Crippen molar-refractivity contribution in [2.75, 3.05) is 13.1 Å². The van der Waals surface area contributed by atoms with Crippen molar-refractivity contribution in [3.63, 3.8) is 0 Å². The number of carbonyl (C=O) groups is 1. The van der Waals surface area contributed by atoms with E-state index in [1.54, 1.807) is 48.5 Å². The summed E-state index contributed by atoms with van der Waals surface area (Å²) >= 11 is 0. The van der Waals surface area contributed by atoms with E-state index < -0.39 is 36.9 Å². The molecular formula is C35H51NO7P+. The van der Waals surface area contributed by atoms with Crippen molar-refractivity contribution in [2.24, 2.45) is 0 Å². The second-order valence-electron chi connectivity index (χ2n) is 14.7. The Balaban J connectivity index is 1.48. The van der Waals surface area contributed by atoms with Crippen molar-refractivity contribution in [2.45, 2.75) is 128 Å². The van der Waals surface area contributed by atoms with Gasteiger partial charge in [-0.05, 0) is 59.6 Å². The Morgan fingerprint density at radius 3 is 1.68 bits per heavy atom. The van der Waals surface area contributed by atoms with Crippen molar-refractivity contribution in [1.82, 2.24) is 0 Å². The molecule has 5 rings (SSSR count). The number of phosphoric acid groups is 1. The van der Waals surface area contributed by atoms with Gasteiger partial charge < -0.3 is 14.0 Å². The van der Waals surface area contributed by atoms with Crippen LogP contribution in [0.4, 0.5) is 0 Å². The van der Waals surface area contributed by atoms with Gasteiger partial charge in [0.1, 0.15) is 6.10 Å². The summed E-state index contributed by atoms with van der Waals surface area (Å²) in [6, 6.07) is 19.8. The van der Waals surface area contributed by atoms with Crippen LogP contribution < -0.4 is 0 Å². The summed E-state index contributed by atoms with van der Waals surface area (Å²) in [5.74, 6) is -0.507. The van der Waals surface area contributed by atoms with Crippen LogP contribution in [0.3, 0.4) is 0 Å². The van der Waals surface area contributed by atoms with Gasteiger partial charge in [0.25, 0.3) is 0 Å². The van der Waals surface area contributed by atoms with Crippen molar-refractivity contribution >= 4 is 13.8 Å². The van der Waals surface area contributed by atoms with Gasteiger partial charge in [-0.25, -0.2) is 9.36 Å². The number of quaternary nitrogens is 1. The number of carbonyl (C=O) groups excluding carboxylic acids is 1. The number of benzene rings is 2. The van der Waals surface area contributed by atoms with Crippen LogP contribution in [0.5, 0.6) is 0 Å². The molecule has 0 aliphatic carbocycles. The van der Waals surface area contributed by atoms with E-state index in [1.807, 2.05) is 60.7 Å². The van der Waals surface area contributed by atoms with Crippen LogP contribution in [0.1, 0.15) is 98.1 Å². The zero-order valence-corrected chi connectivity index (χ0v) is 28.4. The summed E-state index contributed by atoms with van der Waals surface area (Å²) < 4.78 is 46.2. The fraction of sp³-hybridized carbons (Fsp3) is 0.629. The standard InChI is InChI=1S/C35H51NO7P/c1-26(41-44(38,42-33(2,3)4)43-34(5,6)7)40-35(27-16-10-8-11-17-27,28-18-12-9-13-19-28)32(37)39-31-24-29-20-21-30(25-31)36(29)22-14-15-23-36/h8-13,16-19,26,29-31H,14-15,20-25H2,1-7H3/q+1/t26-,29?,30?,31?/m1/s1. The van der Waals surface area contributed by atoms with Gasteiger partial charge in [0.15, 0.2) is 6.29 Å². The van der Waals surface area contributed by atoms with Gasteiger partial charge in [-0.2, -0.15) is 0 Å². The molecule has 3 heterocycles. The third-order valence-electron chi connectivity index (χ3n) is 9.07. The number of piperidine rings is 1. The largest absolute Gasteiger partial charge is 0.478 e. The Morgan fingerprint density at radius 1 is 0.795 bits per heavy atom. The SMILES string of the molecule is C[C@H](OC(C(=O)OC1CC2CCC(C1)[N+]21CCCC1)(c1ccccc1)c1ccccc1)OP(=O)(OC(C)(C)C)OC(C)(C)C. The fourth-order valence-electron chi connectivity index (χ4n) is 7.66. The zero-order valence-electron chi connectivity index (χ0n) is 27.5. The number of phosphoric ester groups is 1. The first kappa shape index (κ1) is 33.3. The second kappa shape index (κ2) is 12.6. The summed E-state index contributed by atoms with van der Waals surface area (Å²) in [4.78, 5) is 14.7. The minimum absolute atomic E-state index is 0.199. The van der Waals surface area contributed by atoms with E-state index in [0.717, 1.165) is 12.8 Å². The van der Waals surface area contributed by atoms with Crippen LogP contribution in [0, 0.1) is 0 Å².